The Morgan fingerprint density at radius 3 is 1.56 bits per heavy atom. The molecule has 5 heterocycles. The Kier molecular flexibility index (Phi) is 7.68. The lowest BCUT2D eigenvalue weighted by Gasteiger charge is -2.35. The summed E-state index contributed by atoms with van der Waals surface area (Å²) in [6, 6.07) is 50.1. The summed E-state index contributed by atoms with van der Waals surface area (Å²) in [5, 5.41) is 0. The molecule has 0 radical (unpaired) electrons. The largest absolute Gasteiger partial charge is 0.305 e. The molecule has 0 bridgehead atoms. The molecule has 6 nitrogen and oxygen atoms in total. The summed E-state index contributed by atoms with van der Waals surface area (Å²) in [5.41, 5.74) is 13.7. The molecule has 0 fully saturated rings. The maximum Gasteiger partial charge on any atom is 0.164 e. The van der Waals surface area contributed by atoms with Gasteiger partial charge in [0.15, 0.2) is 17.5 Å². The minimum Gasteiger partial charge on any atom is -0.305 e. The predicted octanol–water partition coefficient (Wildman–Crippen LogP) is 12.3. The summed E-state index contributed by atoms with van der Waals surface area (Å²) >= 11 is 7.14. The smallest absolute Gasteiger partial charge is 0.164 e. The second-order valence-corrected chi connectivity index (χ2v) is 15.9. The molecule has 0 spiro atoms. The van der Waals surface area contributed by atoms with Gasteiger partial charge in [-0.05, 0) is 71.8 Å². The highest BCUT2D eigenvalue weighted by Gasteiger charge is 2.37. The Labute approximate surface area is 328 Å². The van der Waals surface area contributed by atoms with Gasteiger partial charge in [-0.2, -0.15) is 0 Å². The fourth-order valence-electron chi connectivity index (χ4n) is 7.59. The lowest BCUT2D eigenvalue weighted by Crippen LogP contribution is -2.26. The lowest BCUT2D eigenvalue weighted by molar-refractivity contribution is 0.630. The fraction of sp³-hybridized carbons (Fsp3) is 0.0652. The van der Waals surface area contributed by atoms with Crippen LogP contribution in [0.15, 0.2) is 155 Å². The van der Waals surface area contributed by atoms with Gasteiger partial charge in [-0.15, -0.1) is 0 Å². The van der Waals surface area contributed by atoms with Crippen LogP contribution in [-0.2, 0) is 5.41 Å². The normalized spacial score (nSPS) is 13.0. The molecule has 10 rings (SSSR count). The van der Waals surface area contributed by atoms with Gasteiger partial charge in [0.2, 0.25) is 0 Å². The van der Waals surface area contributed by atoms with E-state index in [9.17, 15) is 0 Å². The van der Waals surface area contributed by atoms with E-state index >= 15 is 0 Å². The van der Waals surface area contributed by atoms with Crippen LogP contribution in [0.5, 0.6) is 0 Å². The minimum atomic E-state index is -0.404. The van der Waals surface area contributed by atoms with Crippen molar-refractivity contribution in [1.29, 1.82) is 0 Å². The molecule has 0 N–H and O–H groups in total. The molecule has 54 heavy (non-hydrogen) atoms. The third-order valence-electron chi connectivity index (χ3n) is 10.4. The van der Waals surface area contributed by atoms with Crippen molar-refractivity contribution in [2.45, 2.75) is 19.3 Å². The van der Waals surface area contributed by atoms with E-state index in [1.54, 1.807) is 0 Å². The molecular formula is C46H30Br2N6. The number of nitrogens with zero attached hydrogens (tertiary/aromatic N) is 6. The highest BCUT2D eigenvalue weighted by Crippen LogP contribution is 2.49. The van der Waals surface area contributed by atoms with Gasteiger partial charge in [-0.25, -0.2) is 24.9 Å². The molecule has 1 aliphatic heterocycles. The molecule has 0 saturated heterocycles. The first-order chi connectivity index (χ1) is 26.3. The van der Waals surface area contributed by atoms with Crippen LogP contribution in [-0.4, -0.2) is 29.5 Å². The summed E-state index contributed by atoms with van der Waals surface area (Å²) in [6.45, 7) is 4.61. The first-order valence-electron chi connectivity index (χ1n) is 17.7. The van der Waals surface area contributed by atoms with E-state index in [4.69, 9.17) is 24.9 Å². The van der Waals surface area contributed by atoms with E-state index in [2.05, 4.69) is 135 Å². The molecule has 5 aromatic carbocycles. The maximum absolute atomic E-state index is 5.35. The van der Waals surface area contributed by atoms with Crippen molar-refractivity contribution in [1.82, 2.24) is 29.5 Å². The van der Waals surface area contributed by atoms with Gasteiger partial charge in [0.25, 0.3) is 0 Å². The summed E-state index contributed by atoms with van der Waals surface area (Å²) in [6.07, 6.45) is 0. The van der Waals surface area contributed by atoms with Crippen molar-refractivity contribution < 1.29 is 0 Å². The van der Waals surface area contributed by atoms with Gasteiger partial charge >= 0.3 is 0 Å². The van der Waals surface area contributed by atoms with Crippen molar-refractivity contribution in [3.05, 3.63) is 166 Å². The quantitative estimate of drug-likeness (QED) is 0.173. The van der Waals surface area contributed by atoms with Crippen LogP contribution < -0.4 is 0 Å². The lowest BCUT2D eigenvalue weighted by atomic mass is 9.74. The SMILES string of the molecule is CC1(C)c2cc(-c3nc(-c4ccc(Br)cc4)nc(-c4ccc(Br)cc4)n3)ccc2-n2c3ccc(-c4ccccc4)nc3c3nc(-c4ccccc4)cc1c32. The average molecular weight is 827 g/mol. The fourth-order valence-corrected chi connectivity index (χ4v) is 8.12. The van der Waals surface area contributed by atoms with Crippen molar-refractivity contribution >= 4 is 53.9 Å². The van der Waals surface area contributed by atoms with Gasteiger partial charge in [-0.1, -0.05) is 131 Å². The molecule has 8 heteroatoms. The van der Waals surface area contributed by atoms with Crippen LogP contribution in [0.4, 0.5) is 0 Å². The number of aromatic nitrogens is 6. The number of hydrogen-bond acceptors (Lipinski definition) is 5. The zero-order valence-electron chi connectivity index (χ0n) is 29.3. The van der Waals surface area contributed by atoms with E-state index in [-0.39, 0.29) is 0 Å². The van der Waals surface area contributed by atoms with Crippen LogP contribution in [0.25, 0.3) is 84.4 Å². The third kappa shape index (κ3) is 5.39. The predicted molar refractivity (Wildman–Crippen MR) is 224 cm³/mol. The van der Waals surface area contributed by atoms with Crippen molar-refractivity contribution in [3.63, 3.8) is 0 Å². The van der Waals surface area contributed by atoms with Crippen molar-refractivity contribution in [3.8, 4) is 62.4 Å². The Hall–Kier alpha value is -5.83. The number of rotatable bonds is 5. The topological polar surface area (TPSA) is 69.4 Å². The van der Waals surface area contributed by atoms with E-state index < -0.39 is 5.41 Å². The van der Waals surface area contributed by atoms with E-state index in [1.807, 2.05) is 60.7 Å². The van der Waals surface area contributed by atoms with Crippen LogP contribution in [0.1, 0.15) is 25.0 Å². The van der Waals surface area contributed by atoms with Gasteiger partial charge in [0, 0.05) is 42.2 Å². The Bertz CT molecular complexity index is 2840. The zero-order valence-corrected chi connectivity index (χ0v) is 32.5. The third-order valence-corrected chi connectivity index (χ3v) is 11.4. The molecule has 0 saturated carbocycles. The molecule has 0 amide bonds. The van der Waals surface area contributed by atoms with Crippen molar-refractivity contribution in [2.75, 3.05) is 0 Å². The molecule has 4 aromatic heterocycles. The number of halogens is 2. The van der Waals surface area contributed by atoms with Crippen molar-refractivity contribution in [2.24, 2.45) is 0 Å². The van der Waals surface area contributed by atoms with Crippen LogP contribution in [0, 0.1) is 0 Å². The van der Waals surface area contributed by atoms with Crippen LogP contribution in [0.2, 0.25) is 0 Å². The molecule has 258 valence electrons. The van der Waals surface area contributed by atoms with Crippen LogP contribution in [0.3, 0.4) is 0 Å². The van der Waals surface area contributed by atoms with E-state index in [1.165, 1.54) is 11.1 Å². The molecule has 1 aliphatic rings. The van der Waals surface area contributed by atoms with Gasteiger partial charge < -0.3 is 4.57 Å². The molecule has 9 aromatic rings. The zero-order chi connectivity index (χ0) is 36.6. The molecule has 0 aliphatic carbocycles. The Morgan fingerprint density at radius 2 is 0.963 bits per heavy atom. The van der Waals surface area contributed by atoms with Gasteiger partial charge in [0.1, 0.15) is 11.0 Å². The molecule has 0 atom stereocenters. The standard InChI is InChI=1S/C46H30Br2N6/c1-46(2)34-25-31(45-52-43(29-13-18-32(47)19-14-29)51-44(53-45)30-15-20-33(48)21-16-30)17-23-38(34)54-39-24-22-36(27-9-5-3-6-10-27)49-40(39)41-42(54)35(46)26-37(50-41)28-11-7-4-8-12-28/h3-26H,1-2H3. The Balaban J connectivity index is 1.21. The van der Waals surface area contributed by atoms with E-state index in [0.717, 1.165) is 75.9 Å². The maximum atomic E-state index is 5.35. The molecule has 0 unspecified atom stereocenters. The summed E-state index contributed by atoms with van der Waals surface area (Å²) < 4.78 is 4.34. The number of pyridine rings is 2. The number of fused-ring (bicyclic) bond motifs is 5. The van der Waals surface area contributed by atoms with Gasteiger partial charge in [-0.3, -0.25) is 0 Å². The second-order valence-electron chi connectivity index (χ2n) is 14.1. The van der Waals surface area contributed by atoms with Crippen LogP contribution >= 0.6 is 31.9 Å². The average Bonchev–Trinajstić information content (AvgIpc) is 3.54. The monoisotopic (exact) mass is 824 g/mol. The Morgan fingerprint density at radius 1 is 0.444 bits per heavy atom. The summed E-state index contributed by atoms with van der Waals surface area (Å²) in [4.78, 5) is 25.8. The highest BCUT2D eigenvalue weighted by molar-refractivity contribution is 9.10. The first-order valence-corrected chi connectivity index (χ1v) is 19.3. The first kappa shape index (κ1) is 32.8. The summed E-state index contributed by atoms with van der Waals surface area (Å²) in [7, 11) is 0. The van der Waals surface area contributed by atoms with Gasteiger partial charge in [0.05, 0.1) is 28.1 Å². The number of benzene rings is 5. The highest BCUT2D eigenvalue weighted by atomic mass is 79.9. The second kappa shape index (κ2) is 12.6. The minimum absolute atomic E-state index is 0.404. The van der Waals surface area contributed by atoms with E-state index in [0.29, 0.717) is 17.5 Å². The number of hydrogen-bond donors (Lipinski definition) is 0. The molecular weight excluding hydrogens is 796 g/mol. The summed E-state index contributed by atoms with van der Waals surface area (Å²) in [5.74, 6) is 1.84.